The van der Waals surface area contributed by atoms with E-state index in [0.717, 1.165) is 65.4 Å². The van der Waals surface area contributed by atoms with Gasteiger partial charge in [0.05, 0.1) is 70.8 Å². The minimum atomic E-state index is -0.417. The summed E-state index contributed by atoms with van der Waals surface area (Å²) in [5, 5.41) is 19.7. The molecule has 0 fully saturated rings. The molecule has 3 aromatic heterocycles. The molecule has 0 radical (unpaired) electrons. The molecule has 0 spiro atoms. The maximum absolute atomic E-state index is 14.6. The summed E-state index contributed by atoms with van der Waals surface area (Å²) in [6.45, 7) is 5.15. The third-order valence-corrected chi connectivity index (χ3v) is 16.7. The van der Waals surface area contributed by atoms with Gasteiger partial charge in [-0.2, -0.15) is 10.1 Å². The van der Waals surface area contributed by atoms with E-state index in [9.17, 15) is 23.3 Å². The number of nitrogen functional groups attached to an aromatic ring is 1. The number of rotatable bonds is 16. The summed E-state index contributed by atoms with van der Waals surface area (Å²) in [4.78, 5) is 34.5. The fraction of sp³-hybridized carbons (Fsp3) is 0.214. The quantitative estimate of drug-likeness (QED) is 0.0176. The highest BCUT2D eigenvalue weighted by Gasteiger charge is 2.29. The highest BCUT2D eigenvalue weighted by atomic mass is 127. The molecular weight excluding hydrogens is 1360 g/mol. The molecule has 0 amide bonds. The average molecular weight is 1430 g/mol. The molecule has 0 atom stereocenters. The van der Waals surface area contributed by atoms with Crippen LogP contribution in [-0.2, 0) is 32.7 Å². The molecule has 6 aromatic carbocycles. The van der Waals surface area contributed by atoms with E-state index in [1.807, 2.05) is 87.9 Å². The lowest BCUT2D eigenvalue weighted by Crippen LogP contribution is -2.18. The lowest BCUT2D eigenvalue weighted by molar-refractivity contribution is -0.384. The number of fused-ring (bicyclic) bond motifs is 1. The van der Waals surface area contributed by atoms with Gasteiger partial charge in [-0.05, 0) is 133 Å². The SMILES string of the molecule is C.CN1CC(N)=C(C(=NCc2cccc(N)c2)c2ccccc2F)C1.CN1Cc2nn(Cc3cccc([N+](=O)[O-])c3)c(-c3ccccc3F)c2C1.COc1ccc(I)c(Cl)n1.COc1ccc(Nc2cccc(CN=C(C3=C(N)CN(C)C3)c3ccccc3F)c2)c(Cl)n1. The number of benzene rings is 6. The average Bonchev–Trinajstić information content (AvgIpc) is 1.61. The molecular formula is C70H72Cl2F3IN14O4. The van der Waals surface area contributed by atoms with Crippen LogP contribution in [0.3, 0.4) is 0 Å². The molecule has 12 rings (SSSR count). The Morgan fingerprint density at radius 3 is 1.67 bits per heavy atom. The Morgan fingerprint density at radius 1 is 0.617 bits per heavy atom. The summed E-state index contributed by atoms with van der Waals surface area (Å²) in [6, 6.07) is 49.0. The molecule has 6 heterocycles. The number of anilines is 3. The molecule has 7 N–H and O–H groups in total. The zero-order valence-electron chi connectivity index (χ0n) is 51.6. The second kappa shape index (κ2) is 33.1. The zero-order chi connectivity index (χ0) is 66.3. The number of nitrogens with zero attached hydrogens (tertiary/aromatic N) is 10. The number of likely N-dealkylation sites (N-methyl/N-ethyl adjacent to an activating group) is 2. The molecule has 0 aliphatic carbocycles. The number of nitro benzene ring substituents is 1. The van der Waals surface area contributed by atoms with Gasteiger partial charge in [0, 0.05) is 120 Å². The van der Waals surface area contributed by atoms with Crippen molar-refractivity contribution in [1.29, 1.82) is 0 Å². The second-order valence-corrected chi connectivity index (χ2v) is 23.9. The first-order chi connectivity index (χ1) is 44.7. The van der Waals surface area contributed by atoms with E-state index < -0.39 is 4.92 Å². The summed E-state index contributed by atoms with van der Waals surface area (Å²) in [6.07, 6.45) is 0. The largest absolute Gasteiger partial charge is 0.481 e. The van der Waals surface area contributed by atoms with Gasteiger partial charge in [-0.1, -0.05) is 103 Å². The zero-order valence-corrected chi connectivity index (χ0v) is 55.3. The fourth-order valence-electron chi connectivity index (χ4n) is 10.6. The summed E-state index contributed by atoms with van der Waals surface area (Å²) in [7, 11) is 9.06. The van der Waals surface area contributed by atoms with Crippen LogP contribution in [-0.4, -0.2) is 112 Å². The maximum Gasteiger partial charge on any atom is 0.269 e. The van der Waals surface area contributed by atoms with Crippen LogP contribution in [0.2, 0.25) is 10.3 Å². The Hall–Kier alpha value is -9.17. The monoisotopic (exact) mass is 1430 g/mol. The number of hydrogen-bond acceptors (Lipinski definition) is 16. The Kier molecular flexibility index (Phi) is 24.9. The predicted octanol–water partition coefficient (Wildman–Crippen LogP) is 13.9. The topological polar surface area (TPSA) is 230 Å². The van der Waals surface area contributed by atoms with Crippen LogP contribution in [0.1, 0.15) is 46.5 Å². The van der Waals surface area contributed by atoms with Crippen LogP contribution < -0.4 is 32.0 Å². The van der Waals surface area contributed by atoms with Crippen LogP contribution in [0.25, 0.3) is 11.3 Å². The van der Waals surface area contributed by atoms with E-state index in [1.165, 1.54) is 30.3 Å². The Labute approximate surface area is 568 Å². The molecule has 488 valence electrons. The first-order valence-corrected chi connectivity index (χ1v) is 31.0. The minimum Gasteiger partial charge on any atom is -0.481 e. The van der Waals surface area contributed by atoms with Crippen LogP contribution in [0.4, 0.5) is 35.9 Å². The molecule has 0 saturated heterocycles. The third-order valence-electron chi connectivity index (χ3n) is 14.9. The minimum absolute atomic E-state index is 0. The van der Waals surface area contributed by atoms with Gasteiger partial charge < -0.3 is 32.0 Å². The van der Waals surface area contributed by atoms with Crippen LogP contribution in [0.15, 0.2) is 202 Å². The number of aliphatic imine (C=N–C) groups is 2. The van der Waals surface area contributed by atoms with Crippen molar-refractivity contribution < 1.29 is 27.6 Å². The number of nitrogens with one attached hydrogen (secondary N) is 1. The lowest BCUT2D eigenvalue weighted by Gasteiger charge is -2.13. The smallest absolute Gasteiger partial charge is 0.269 e. The first-order valence-electron chi connectivity index (χ1n) is 29.2. The van der Waals surface area contributed by atoms with Crippen molar-refractivity contribution in [3.63, 3.8) is 0 Å². The van der Waals surface area contributed by atoms with Gasteiger partial charge in [0.2, 0.25) is 11.8 Å². The molecule has 3 aliphatic rings. The van der Waals surface area contributed by atoms with Crippen molar-refractivity contribution in [1.82, 2.24) is 34.4 Å². The number of hydrogen-bond donors (Lipinski definition) is 4. The van der Waals surface area contributed by atoms with Gasteiger partial charge >= 0.3 is 0 Å². The van der Waals surface area contributed by atoms with Gasteiger partial charge in [-0.3, -0.25) is 39.5 Å². The number of aromatic nitrogens is 4. The molecule has 0 unspecified atom stereocenters. The van der Waals surface area contributed by atoms with Crippen molar-refractivity contribution in [2.75, 3.05) is 72.6 Å². The van der Waals surface area contributed by atoms with Crippen molar-refractivity contribution in [2.24, 2.45) is 21.5 Å². The van der Waals surface area contributed by atoms with Gasteiger partial charge in [0.1, 0.15) is 22.6 Å². The Morgan fingerprint density at radius 2 is 1.14 bits per heavy atom. The van der Waals surface area contributed by atoms with E-state index in [4.69, 9.17) is 54.9 Å². The predicted molar refractivity (Wildman–Crippen MR) is 377 cm³/mol. The maximum atomic E-state index is 14.6. The van der Waals surface area contributed by atoms with E-state index in [2.05, 4.69) is 62.7 Å². The molecule has 3 aliphatic heterocycles. The highest BCUT2D eigenvalue weighted by molar-refractivity contribution is 14.1. The molecule has 9 aromatic rings. The number of ether oxygens (including phenoxy) is 2. The summed E-state index contributed by atoms with van der Waals surface area (Å²) in [5.74, 6) is 0.0813. The van der Waals surface area contributed by atoms with Crippen LogP contribution in [0.5, 0.6) is 11.8 Å². The van der Waals surface area contributed by atoms with Crippen molar-refractivity contribution in [3.05, 3.63) is 273 Å². The third kappa shape index (κ3) is 18.4. The van der Waals surface area contributed by atoms with E-state index in [-0.39, 0.29) is 30.6 Å². The fourth-order valence-corrected chi connectivity index (χ4v) is 11.2. The Balaban J connectivity index is 0.000000169. The van der Waals surface area contributed by atoms with Crippen molar-refractivity contribution in [3.8, 4) is 23.0 Å². The summed E-state index contributed by atoms with van der Waals surface area (Å²) in [5.41, 5.74) is 31.7. The first kappa shape index (κ1) is 70.7. The molecule has 94 heavy (non-hydrogen) atoms. The number of non-ortho nitro benzene ring substituents is 1. The molecule has 24 heteroatoms. The number of halogens is 6. The van der Waals surface area contributed by atoms with Gasteiger partial charge in [0.25, 0.3) is 5.69 Å². The second-order valence-electron chi connectivity index (χ2n) is 22.0. The number of nitrogens with two attached hydrogens (primary N) is 3. The van der Waals surface area contributed by atoms with Gasteiger partial charge in [-0.15, -0.1) is 0 Å². The van der Waals surface area contributed by atoms with Gasteiger partial charge in [-0.25, -0.2) is 18.2 Å². The number of methoxy groups -OCH3 is 2. The standard InChI is InChI=1S/C25H25ClFN5O.C19H17FN4O2.C19H21FN4.C6H5ClINO.CH4/c1-32-14-19(21(28)15-32)24(18-8-3-4-9-20(18)27)29-13-16-6-5-7-17(12-16)30-22-10-11-23(33-2)31-25(22)26;1-22-11-16-18(12-22)21-23(19(16)15-7-2-3-8-17(15)20)10-13-5-4-6-14(9-13)24(25)26;1-24-11-16(18(22)12-24)19(15-7-2-3-8-17(15)20)23-10-13-5-4-6-14(21)9-13;1-10-5-3-2-4(8)6(7)9-5;/h3-12,30H,13-15,28H2,1-2H3;2-9H,10-12H2,1H3;2-9H,10-12,21-22H2,1H3;2-3H,1H3;1H4. The van der Waals surface area contributed by atoms with Gasteiger partial charge in [0.15, 0.2) is 5.15 Å². The Bertz CT molecular complexity index is 4300. The summed E-state index contributed by atoms with van der Waals surface area (Å²) >= 11 is 14.1. The number of pyridine rings is 2. The molecule has 18 nitrogen and oxygen atoms in total. The van der Waals surface area contributed by atoms with E-state index >= 15 is 0 Å². The van der Waals surface area contributed by atoms with Crippen molar-refractivity contribution >= 4 is 80.0 Å². The summed E-state index contributed by atoms with van der Waals surface area (Å²) < 4.78 is 56.1. The normalized spacial score (nSPS) is 14.0. The van der Waals surface area contributed by atoms with E-state index in [0.29, 0.717) is 120 Å². The molecule has 0 bridgehead atoms. The van der Waals surface area contributed by atoms with E-state index in [1.54, 1.807) is 91.7 Å². The van der Waals surface area contributed by atoms with Crippen LogP contribution >= 0.6 is 45.8 Å². The van der Waals surface area contributed by atoms with Crippen molar-refractivity contribution in [2.45, 2.75) is 40.2 Å². The highest BCUT2D eigenvalue weighted by Crippen LogP contribution is 2.35. The lowest BCUT2D eigenvalue weighted by atomic mass is 10.0. The van der Waals surface area contributed by atoms with Crippen LogP contribution in [0, 0.1) is 31.1 Å². The number of nitro groups is 1. The molecule has 0 saturated carbocycles.